The van der Waals surface area contributed by atoms with Crippen molar-refractivity contribution in [3.8, 4) is 0 Å². The fraction of sp³-hybridized carbons (Fsp3) is 0.750. The Morgan fingerprint density at radius 3 is 1.71 bits per heavy atom. The zero-order chi connectivity index (χ0) is 17.0. The Bertz CT molecular complexity index is 408. The van der Waals surface area contributed by atoms with Crippen LogP contribution in [0.25, 0.3) is 0 Å². The molecular formula is C24H40. The molecule has 0 amide bonds. The molecule has 0 atom stereocenters. The van der Waals surface area contributed by atoms with Gasteiger partial charge in [0.25, 0.3) is 0 Å². The first-order valence-electron chi connectivity index (χ1n) is 10.9. The van der Waals surface area contributed by atoms with Gasteiger partial charge in [0.1, 0.15) is 0 Å². The van der Waals surface area contributed by atoms with Gasteiger partial charge in [0.15, 0.2) is 0 Å². The molecule has 0 N–H and O–H groups in total. The van der Waals surface area contributed by atoms with Gasteiger partial charge in [0.2, 0.25) is 0 Å². The molecule has 0 heteroatoms. The number of unbranched alkanes of at least 4 members (excludes halogenated alkanes) is 4. The molecule has 1 aromatic rings. The number of benzene rings is 1. The molecule has 1 fully saturated rings. The molecule has 0 radical (unpaired) electrons. The first-order chi connectivity index (χ1) is 11.8. The van der Waals surface area contributed by atoms with Crippen molar-refractivity contribution in [3.63, 3.8) is 0 Å². The van der Waals surface area contributed by atoms with Gasteiger partial charge in [-0.2, -0.15) is 0 Å². The van der Waals surface area contributed by atoms with Crippen molar-refractivity contribution in [2.45, 2.75) is 104 Å². The lowest BCUT2D eigenvalue weighted by Crippen LogP contribution is -2.15. The Labute approximate surface area is 151 Å². The quantitative estimate of drug-likeness (QED) is 0.364. The van der Waals surface area contributed by atoms with Gasteiger partial charge in [0, 0.05) is 0 Å². The maximum absolute atomic E-state index is 2.39. The minimum absolute atomic E-state index is 0.997. The van der Waals surface area contributed by atoms with Crippen LogP contribution in [0.4, 0.5) is 0 Å². The standard InChI is InChI=1S/C24H40/c1-3-5-7-9-21-11-15-23(16-12-21)19-20-24-17-13-22(14-18-24)10-8-6-4-2/h11-12,15-16,22,24H,3-10,13-14,17-20H2,1-2H3/t22-,24-. The molecule has 1 saturated carbocycles. The summed E-state index contributed by atoms with van der Waals surface area (Å²) in [6.45, 7) is 4.59. The van der Waals surface area contributed by atoms with Gasteiger partial charge in [0.05, 0.1) is 0 Å². The third-order valence-corrected chi connectivity index (χ3v) is 6.12. The number of aryl methyl sites for hydroxylation is 2. The number of rotatable bonds is 11. The summed E-state index contributed by atoms with van der Waals surface area (Å²) in [5.74, 6) is 2.05. The summed E-state index contributed by atoms with van der Waals surface area (Å²) in [6.07, 6.45) is 19.8. The molecule has 0 spiro atoms. The Hall–Kier alpha value is -0.780. The minimum Gasteiger partial charge on any atom is -0.0654 e. The van der Waals surface area contributed by atoms with Gasteiger partial charge in [-0.1, -0.05) is 102 Å². The van der Waals surface area contributed by atoms with Crippen molar-refractivity contribution in [3.05, 3.63) is 35.4 Å². The van der Waals surface area contributed by atoms with Crippen molar-refractivity contribution >= 4 is 0 Å². The lowest BCUT2D eigenvalue weighted by atomic mass is 9.78. The predicted molar refractivity (Wildman–Crippen MR) is 108 cm³/mol. The van der Waals surface area contributed by atoms with Crippen LogP contribution in [0.2, 0.25) is 0 Å². The lowest BCUT2D eigenvalue weighted by molar-refractivity contribution is 0.249. The van der Waals surface area contributed by atoms with E-state index in [9.17, 15) is 0 Å². The summed E-state index contributed by atoms with van der Waals surface area (Å²) >= 11 is 0. The molecule has 1 aliphatic rings. The first-order valence-corrected chi connectivity index (χ1v) is 10.9. The summed E-state index contributed by atoms with van der Waals surface area (Å²) in [5.41, 5.74) is 3.08. The van der Waals surface area contributed by atoms with E-state index in [-0.39, 0.29) is 0 Å². The predicted octanol–water partition coefficient (Wildman–Crippen LogP) is 7.74. The van der Waals surface area contributed by atoms with Crippen molar-refractivity contribution in [2.24, 2.45) is 11.8 Å². The molecule has 24 heavy (non-hydrogen) atoms. The largest absolute Gasteiger partial charge is 0.0654 e. The van der Waals surface area contributed by atoms with E-state index in [2.05, 4.69) is 38.1 Å². The van der Waals surface area contributed by atoms with Crippen LogP contribution in [0.15, 0.2) is 24.3 Å². The van der Waals surface area contributed by atoms with Crippen LogP contribution >= 0.6 is 0 Å². The highest BCUT2D eigenvalue weighted by molar-refractivity contribution is 5.22. The molecule has 0 aromatic heterocycles. The fourth-order valence-corrected chi connectivity index (χ4v) is 4.31. The second-order valence-electron chi connectivity index (χ2n) is 8.19. The van der Waals surface area contributed by atoms with Crippen molar-refractivity contribution in [1.29, 1.82) is 0 Å². The molecule has 136 valence electrons. The topological polar surface area (TPSA) is 0 Å². The van der Waals surface area contributed by atoms with E-state index >= 15 is 0 Å². The Kier molecular flexibility index (Phi) is 9.54. The summed E-state index contributed by atoms with van der Waals surface area (Å²) in [7, 11) is 0. The second kappa shape index (κ2) is 11.7. The second-order valence-corrected chi connectivity index (χ2v) is 8.19. The Morgan fingerprint density at radius 1 is 0.625 bits per heavy atom. The van der Waals surface area contributed by atoms with Gasteiger partial charge >= 0.3 is 0 Å². The van der Waals surface area contributed by atoms with E-state index in [4.69, 9.17) is 0 Å². The van der Waals surface area contributed by atoms with Crippen molar-refractivity contribution < 1.29 is 0 Å². The monoisotopic (exact) mass is 328 g/mol. The van der Waals surface area contributed by atoms with E-state index < -0.39 is 0 Å². The van der Waals surface area contributed by atoms with Crippen LogP contribution < -0.4 is 0 Å². The number of hydrogen-bond acceptors (Lipinski definition) is 0. The normalized spacial score (nSPS) is 21.1. The maximum atomic E-state index is 2.39. The molecule has 2 rings (SSSR count). The van der Waals surface area contributed by atoms with E-state index in [1.807, 2.05) is 0 Å². The maximum Gasteiger partial charge on any atom is -0.0276 e. The van der Waals surface area contributed by atoms with Crippen LogP contribution in [0.3, 0.4) is 0 Å². The van der Waals surface area contributed by atoms with Gasteiger partial charge in [-0.15, -0.1) is 0 Å². The molecule has 0 saturated heterocycles. The first kappa shape index (κ1) is 19.5. The smallest absolute Gasteiger partial charge is 0.0276 e. The molecular weight excluding hydrogens is 288 g/mol. The molecule has 0 aliphatic heterocycles. The summed E-state index contributed by atoms with van der Waals surface area (Å²) in [4.78, 5) is 0. The zero-order valence-corrected chi connectivity index (χ0v) is 16.4. The fourth-order valence-electron chi connectivity index (χ4n) is 4.31. The van der Waals surface area contributed by atoms with Gasteiger partial charge in [-0.3, -0.25) is 0 Å². The van der Waals surface area contributed by atoms with Crippen molar-refractivity contribution in [2.75, 3.05) is 0 Å². The van der Waals surface area contributed by atoms with E-state index in [0.717, 1.165) is 11.8 Å². The van der Waals surface area contributed by atoms with Crippen LogP contribution in [-0.2, 0) is 12.8 Å². The van der Waals surface area contributed by atoms with Crippen LogP contribution in [0.5, 0.6) is 0 Å². The van der Waals surface area contributed by atoms with E-state index in [1.54, 1.807) is 5.56 Å². The molecule has 0 unspecified atom stereocenters. The highest BCUT2D eigenvalue weighted by Gasteiger charge is 2.20. The van der Waals surface area contributed by atoms with E-state index in [0.29, 0.717) is 0 Å². The number of hydrogen-bond donors (Lipinski definition) is 0. The molecule has 0 heterocycles. The minimum atomic E-state index is 0.997. The SMILES string of the molecule is CCCCCc1ccc(CC[C@H]2CC[C@H](CCCCC)CC2)cc1. The van der Waals surface area contributed by atoms with E-state index in [1.165, 1.54) is 95.5 Å². The average molecular weight is 329 g/mol. The van der Waals surface area contributed by atoms with Crippen LogP contribution in [0, 0.1) is 11.8 Å². The van der Waals surface area contributed by atoms with Gasteiger partial charge in [-0.25, -0.2) is 0 Å². The van der Waals surface area contributed by atoms with Gasteiger partial charge < -0.3 is 0 Å². The van der Waals surface area contributed by atoms with Gasteiger partial charge in [-0.05, 0) is 48.6 Å². The molecule has 1 aromatic carbocycles. The highest BCUT2D eigenvalue weighted by atomic mass is 14.3. The average Bonchev–Trinajstić information content (AvgIpc) is 2.63. The third-order valence-electron chi connectivity index (χ3n) is 6.12. The molecule has 1 aliphatic carbocycles. The zero-order valence-electron chi connectivity index (χ0n) is 16.4. The molecule has 0 nitrogen and oxygen atoms in total. The van der Waals surface area contributed by atoms with Crippen LogP contribution in [-0.4, -0.2) is 0 Å². The summed E-state index contributed by atoms with van der Waals surface area (Å²) in [6, 6.07) is 9.51. The van der Waals surface area contributed by atoms with Crippen molar-refractivity contribution in [1.82, 2.24) is 0 Å². The summed E-state index contributed by atoms with van der Waals surface area (Å²) < 4.78 is 0. The Morgan fingerprint density at radius 2 is 1.12 bits per heavy atom. The Balaban J connectivity index is 1.62. The lowest BCUT2D eigenvalue weighted by Gasteiger charge is -2.28. The third kappa shape index (κ3) is 7.41. The van der Waals surface area contributed by atoms with Crippen LogP contribution in [0.1, 0.15) is 102 Å². The highest BCUT2D eigenvalue weighted by Crippen LogP contribution is 2.34. The summed E-state index contributed by atoms with van der Waals surface area (Å²) in [5, 5.41) is 0. The molecule has 0 bridgehead atoms.